The van der Waals surface area contributed by atoms with Crippen LogP contribution in [0, 0.1) is 58.2 Å². The SMILES string of the molecule is CCC.CN(C)c1c(F)c(F)c(N(C)C)c(F)c1F.CN1CCN(C)C1=O.Fc1c(F)c(F)c(F)c(F)c1F. The maximum Gasteiger partial charge on any atom is 0.319 e. The maximum absolute atomic E-state index is 13.5. The molecule has 222 valence electrons. The fourth-order valence-corrected chi connectivity index (χ4v) is 2.75. The Morgan fingerprint density at radius 2 is 0.692 bits per heavy atom. The Bertz CT molecular complexity index is 960. The van der Waals surface area contributed by atoms with Crippen LogP contribution in [0.25, 0.3) is 0 Å². The second-order valence-corrected chi connectivity index (χ2v) is 8.46. The summed E-state index contributed by atoms with van der Waals surface area (Å²) in [5.74, 6) is -19.8. The summed E-state index contributed by atoms with van der Waals surface area (Å²) < 4.78 is 126. The van der Waals surface area contributed by atoms with E-state index >= 15 is 0 Å². The lowest BCUT2D eigenvalue weighted by Crippen LogP contribution is -2.25. The fraction of sp³-hybridized carbons (Fsp3) is 0.458. The topological polar surface area (TPSA) is 30.0 Å². The average Bonchev–Trinajstić information content (AvgIpc) is 3.16. The second-order valence-electron chi connectivity index (χ2n) is 8.46. The minimum atomic E-state index is -2.37. The number of rotatable bonds is 2. The molecule has 0 unspecified atom stereocenters. The van der Waals surface area contributed by atoms with Gasteiger partial charge in [-0.25, -0.2) is 48.7 Å². The molecule has 1 saturated heterocycles. The maximum atomic E-state index is 13.5. The highest BCUT2D eigenvalue weighted by molar-refractivity contribution is 5.75. The summed E-state index contributed by atoms with van der Waals surface area (Å²) in [4.78, 5) is 16.1. The summed E-state index contributed by atoms with van der Waals surface area (Å²) in [6.07, 6.45) is 1.25. The van der Waals surface area contributed by atoms with E-state index in [1.807, 2.05) is 14.1 Å². The summed E-state index contributed by atoms with van der Waals surface area (Å²) in [5.41, 5.74) is -1.44. The first kappa shape index (κ1) is 35.6. The Kier molecular flexibility index (Phi) is 13.9. The molecule has 15 heteroatoms. The molecule has 5 nitrogen and oxygen atoms in total. The molecule has 1 aliphatic heterocycles. The lowest BCUT2D eigenvalue weighted by Gasteiger charge is -2.20. The standard InChI is InChI=1S/C10H12F4N2.C6F6.C5H10N2O.C3H8/c1-15(2)9-5(11)7(13)10(16(3)4)8(14)6(9)12;7-1-2(8)4(10)6(12)5(11)3(1)9;1-6-3-4-7(2)5(6)8;1-3-2/h1-4H3;;3-4H2,1-2H3;3H2,1-2H3. The number of halogens is 10. The van der Waals surface area contributed by atoms with E-state index in [-0.39, 0.29) is 6.03 Å². The van der Waals surface area contributed by atoms with Crippen molar-refractivity contribution < 1.29 is 48.7 Å². The summed E-state index contributed by atoms with van der Waals surface area (Å²) >= 11 is 0. The number of carbonyl (C=O) groups excluding carboxylic acids is 1. The smallest absolute Gasteiger partial charge is 0.319 e. The highest BCUT2D eigenvalue weighted by Crippen LogP contribution is 2.34. The van der Waals surface area contributed by atoms with Crippen LogP contribution in [0.3, 0.4) is 0 Å². The highest BCUT2D eigenvalue weighted by Gasteiger charge is 2.28. The van der Waals surface area contributed by atoms with Gasteiger partial charge in [0.1, 0.15) is 11.4 Å². The molecule has 0 spiro atoms. The Hall–Kier alpha value is -3.39. The van der Waals surface area contributed by atoms with Crippen LogP contribution in [0.5, 0.6) is 0 Å². The van der Waals surface area contributed by atoms with E-state index in [1.54, 1.807) is 9.80 Å². The number of anilines is 2. The van der Waals surface area contributed by atoms with Crippen molar-refractivity contribution in [3.63, 3.8) is 0 Å². The van der Waals surface area contributed by atoms with Gasteiger partial charge in [-0.05, 0) is 0 Å². The van der Waals surface area contributed by atoms with Gasteiger partial charge in [0.2, 0.25) is 34.9 Å². The lowest BCUT2D eigenvalue weighted by molar-refractivity contribution is 0.205. The predicted molar refractivity (Wildman–Crippen MR) is 128 cm³/mol. The third kappa shape index (κ3) is 8.55. The van der Waals surface area contributed by atoms with Crippen LogP contribution in [0.1, 0.15) is 20.3 Å². The molecule has 2 amide bonds. The predicted octanol–water partition coefficient (Wildman–Crippen LogP) is 6.30. The first-order valence-corrected chi connectivity index (χ1v) is 11.2. The number of amides is 2. The van der Waals surface area contributed by atoms with E-state index in [0.29, 0.717) is 0 Å². The van der Waals surface area contributed by atoms with Crippen molar-refractivity contribution in [3.05, 3.63) is 58.2 Å². The van der Waals surface area contributed by atoms with Gasteiger partial charge in [0.05, 0.1) is 0 Å². The lowest BCUT2D eigenvalue weighted by atomic mass is 10.2. The van der Waals surface area contributed by atoms with Crippen molar-refractivity contribution in [2.45, 2.75) is 20.3 Å². The van der Waals surface area contributed by atoms with Gasteiger partial charge in [-0.15, -0.1) is 0 Å². The van der Waals surface area contributed by atoms with Gasteiger partial charge in [0, 0.05) is 55.4 Å². The van der Waals surface area contributed by atoms with Crippen LogP contribution in [-0.2, 0) is 0 Å². The fourth-order valence-electron chi connectivity index (χ4n) is 2.75. The van der Waals surface area contributed by atoms with Gasteiger partial charge in [0.15, 0.2) is 23.3 Å². The number of hydrogen-bond donors (Lipinski definition) is 0. The second kappa shape index (κ2) is 15.3. The van der Waals surface area contributed by atoms with E-state index in [2.05, 4.69) is 13.8 Å². The molecule has 0 aromatic heterocycles. The zero-order chi connectivity index (χ0) is 30.9. The van der Waals surface area contributed by atoms with Crippen LogP contribution in [0.2, 0.25) is 0 Å². The van der Waals surface area contributed by atoms with Crippen LogP contribution in [0.4, 0.5) is 60.1 Å². The molecule has 0 aliphatic carbocycles. The van der Waals surface area contributed by atoms with E-state index in [4.69, 9.17) is 0 Å². The molecule has 2 aromatic carbocycles. The molecule has 1 heterocycles. The van der Waals surface area contributed by atoms with E-state index < -0.39 is 69.5 Å². The van der Waals surface area contributed by atoms with Gasteiger partial charge in [-0.3, -0.25) is 0 Å². The number of nitrogens with zero attached hydrogens (tertiary/aromatic N) is 4. The van der Waals surface area contributed by atoms with Crippen molar-refractivity contribution in [1.29, 1.82) is 0 Å². The van der Waals surface area contributed by atoms with E-state index in [1.165, 1.54) is 34.6 Å². The summed E-state index contributed by atoms with van der Waals surface area (Å²) in [6.45, 7) is 5.99. The van der Waals surface area contributed by atoms with Crippen molar-refractivity contribution in [1.82, 2.24) is 9.80 Å². The normalized spacial score (nSPS) is 12.2. The zero-order valence-electron chi connectivity index (χ0n) is 22.6. The molecule has 2 aromatic rings. The number of hydrogen-bond acceptors (Lipinski definition) is 3. The average molecular weight is 581 g/mol. The Labute approximate surface area is 220 Å². The zero-order valence-corrected chi connectivity index (χ0v) is 22.6. The molecule has 0 atom stereocenters. The molecule has 0 bridgehead atoms. The molecular weight excluding hydrogens is 550 g/mol. The molecule has 0 saturated carbocycles. The monoisotopic (exact) mass is 580 g/mol. The minimum Gasteiger partial charge on any atom is -0.373 e. The van der Waals surface area contributed by atoms with Crippen molar-refractivity contribution in [3.8, 4) is 0 Å². The summed E-state index contributed by atoms with van der Waals surface area (Å²) in [5, 5.41) is 0. The molecule has 0 radical (unpaired) electrons. The van der Waals surface area contributed by atoms with E-state index in [9.17, 15) is 48.7 Å². The van der Waals surface area contributed by atoms with Gasteiger partial charge >= 0.3 is 6.03 Å². The Balaban J connectivity index is 0.000000552. The highest BCUT2D eigenvalue weighted by atomic mass is 19.2. The van der Waals surface area contributed by atoms with Crippen LogP contribution < -0.4 is 9.80 Å². The summed E-state index contributed by atoms with van der Waals surface area (Å²) in [7, 11) is 8.83. The number of urea groups is 1. The minimum absolute atomic E-state index is 0.130. The first-order chi connectivity index (χ1) is 17.9. The van der Waals surface area contributed by atoms with Gasteiger partial charge < -0.3 is 19.6 Å². The Morgan fingerprint density at radius 1 is 0.513 bits per heavy atom. The van der Waals surface area contributed by atoms with E-state index in [0.717, 1.165) is 22.9 Å². The first-order valence-electron chi connectivity index (χ1n) is 11.2. The quantitative estimate of drug-likeness (QED) is 0.238. The largest absolute Gasteiger partial charge is 0.373 e. The van der Waals surface area contributed by atoms with Crippen LogP contribution >= 0.6 is 0 Å². The number of likely N-dealkylation sites (N-methyl/N-ethyl adjacent to an activating group) is 2. The number of carbonyl (C=O) groups is 1. The molecular formula is C24H30F10N4O. The van der Waals surface area contributed by atoms with Crippen molar-refractivity contribution >= 4 is 17.4 Å². The number of benzene rings is 2. The molecule has 0 N–H and O–H groups in total. The third-order valence-electron chi connectivity index (χ3n) is 4.69. The van der Waals surface area contributed by atoms with Crippen molar-refractivity contribution in [2.75, 3.05) is 65.2 Å². The van der Waals surface area contributed by atoms with Gasteiger partial charge in [-0.1, -0.05) is 20.3 Å². The third-order valence-corrected chi connectivity index (χ3v) is 4.69. The van der Waals surface area contributed by atoms with Crippen molar-refractivity contribution in [2.24, 2.45) is 0 Å². The summed E-state index contributed by atoms with van der Waals surface area (Å²) in [6, 6.07) is 0.130. The Morgan fingerprint density at radius 3 is 0.795 bits per heavy atom. The molecule has 39 heavy (non-hydrogen) atoms. The molecule has 1 fully saturated rings. The van der Waals surface area contributed by atoms with Crippen LogP contribution in [-0.4, -0.2) is 71.2 Å². The van der Waals surface area contributed by atoms with Gasteiger partial charge in [-0.2, -0.15) is 0 Å². The molecule has 3 rings (SSSR count). The van der Waals surface area contributed by atoms with Crippen LogP contribution in [0.15, 0.2) is 0 Å². The van der Waals surface area contributed by atoms with Gasteiger partial charge in [0.25, 0.3) is 0 Å². The molecule has 1 aliphatic rings.